The molecule has 1 heterocycles. The molecule has 0 bridgehead atoms. The van der Waals surface area contributed by atoms with Crippen molar-refractivity contribution in [3.63, 3.8) is 0 Å². The lowest BCUT2D eigenvalue weighted by atomic mass is 9.79. The zero-order valence-corrected chi connectivity index (χ0v) is 11.8. The van der Waals surface area contributed by atoms with E-state index in [4.69, 9.17) is 9.15 Å². The summed E-state index contributed by atoms with van der Waals surface area (Å²) in [7, 11) is 1.67. The van der Waals surface area contributed by atoms with Gasteiger partial charge in [-0.25, -0.2) is 0 Å². The maximum atomic E-state index is 10.9. The third-order valence-corrected chi connectivity index (χ3v) is 4.23. The van der Waals surface area contributed by atoms with Gasteiger partial charge in [-0.3, -0.25) is 0 Å². The minimum absolute atomic E-state index is 0.728. The van der Waals surface area contributed by atoms with Crippen molar-refractivity contribution in [3.8, 4) is 5.75 Å². The Hall–Kier alpha value is -1.74. The van der Waals surface area contributed by atoms with Gasteiger partial charge in [0.1, 0.15) is 11.5 Å². The lowest BCUT2D eigenvalue weighted by Crippen LogP contribution is -2.30. The minimum Gasteiger partial charge on any atom is -0.497 e. The molecule has 1 aliphatic carbocycles. The van der Waals surface area contributed by atoms with E-state index in [-0.39, 0.29) is 0 Å². The predicted octanol–water partition coefficient (Wildman–Crippen LogP) is 3.44. The fourth-order valence-electron chi connectivity index (χ4n) is 3.03. The van der Waals surface area contributed by atoms with E-state index in [0.717, 1.165) is 49.2 Å². The summed E-state index contributed by atoms with van der Waals surface area (Å²) >= 11 is 0. The zero-order chi connectivity index (χ0) is 14.0. The first-order chi connectivity index (χ1) is 9.71. The molecule has 1 unspecified atom stereocenters. The first-order valence-corrected chi connectivity index (χ1v) is 7.13. The number of fused-ring (bicyclic) bond motifs is 1. The van der Waals surface area contributed by atoms with E-state index in [1.807, 2.05) is 18.2 Å². The van der Waals surface area contributed by atoms with Crippen molar-refractivity contribution in [2.75, 3.05) is 7.11 Å². The number of hydrogen-bond acceptors (Lipinski definition) is 3. The second-order valence-corrected chi connectivity index (χ2v) is 5.49. The summed E-state index contributed by atoms with van der Waals surface area (Å²) in [6, 6.07) is 9.96. The summed E-state index contributed by atoms with van der Waals surface area (Å²) in [6.45, 7) is 0. The second kappa shape index (κ2) is 5.33. The Morgan fingerprint density at radius 3 is 2.80 bits per heavy atom. The topological polar surface area (TPSA) is 42.6 Å². The lowest BCUT2D eigenvalue weighted by molar-refractivity contribution is 0.00824. The van der Waals surface area contributed by atoms with Crippen molar-refractivity contribution in [2.45, 2.75) is 37.7 Å². The van der Waals surface area contributed by atoms with Crippen LogP contribution in [0, 0.1) is 0 Å². The Balaban J connectivity index is 1.72. The van der Waals surface area contributed by atoms with Crippen molar-refractivity contribution in [2.24, 2.45) is 0 Å². The number of furan rings is 1. The summed E-state index contributed by atoms with van der Waals surface area (Å²) in [5.41, 5.74) is 1.47. The zero-order valence-electron chi connectivity index (χ0n) is 11.8. The van der Waals surface area contributed by atoms with E-state index < -0.39 is 5.60 Å². The van der Waals surface area contributed by atoms with Crippen LogP contribution in [-0.2, 0) is 18.4 Å². The number of methoxy groups -OCH3 is 1. The molecule has 1 aromatic heterocycles. The first-order valence-electron chi connectivity index (χ1n) is 7.13. The van der Waals surface area contributed by atoms with E-state index in [1.54, 1.807) is 13.4 Å². The molecule has 0 saturated carbocycles. The van der Waals surface area contributed by atoms with Crippen LogP contribution >= 0.6 is 0 Å². The van der Waals surface area contributed by atoms with Gasteiger partial charge in [0.05, 0.1) is 19.0 Å². The van der Waals surface area contributed by atoms with Gasteiger partial charge in [-0.05, 0) is 49.4 Å². The van der Waals surface area contributed by atoms with Crippen LogP contribution in [0.25, 0.3) is 0 Å². The van der Waals surface area contributed by atoms with Gasteiger partial charge in [0.2, 0.25) is 0 Å². The fourth-order valence-corrected chi connectivity index (χ4v) is 3.03. The monoisotopic (exact) mass is 272 g/mol. The normalized spacial score (nSPS) is 21.5. The van der Waals surface area contributed by atoms with Gasteiger partial charge in [0.25, 0.3) is 0 Å². The molecule has 1 atom stereocenters. The number of aliphatic hydroxyl groups is 1. The van der Waals surface area contributed by atoms with Crippen molar-refractivity contribution < 1.29 is 14.3 Å². The molecule has 0 amide bonds. The van der Waals surface area contributed by atoms with Crippen LogP contribution < -0.4 is 4.74 Å². The van der Waals surface area contributed by atoms with Gasteiger partial charge in [-0.1, -0.05) is 12.1 Å². The predicted molar refractivity (Wildman–Crippen MR) is 76.9 cm³/mol. The minimum atomic E-state index is -0.736. The second-order valence-electron chi connectivity index (χ2n) is 5.49. The summed E-state index contributed by atoms with van der Waals surface area (Å²) in [6.07, 6.45) is 6.01. The molecule has 0 aliphatic heterocycles. The Labute approximate surface area is 119 Å². The van der Waals surface area contributed by atoms with Crippen LogP contribution in [0.15, 0.2) is 41.0 Å². The highest BCUT2D eigenvalue weighted by molar-refractivity contribution is 5.30. The van der Waals surface area contributed by atoms with Crippen LogP contribution in [0.2, 0.25) is 0 Å². The third kappa shape index (κ3) is 2.46. The van der Waals surface area contributed by atoms with Crippen molar-refractivity contribution >= 4 is 0 Å². The van der Waals surface area contributed by atoms with Crippen molar-refractivity contribution in [3.05, 3.63) is 53.5 Å². The molecule has 20 heavy (non-hydrogen) atoms. The number of benzene rings is 1. The van der Waals surface area contributed by atoms with Gasteiger partial charge in [0.15, 0.2) is 0 Å². The maximum absolute atomic E-state index is 10.9. The van der Waals surface area contributed by atoms with E-state index in [0.29, 0.717) is 0 Å². The highest BCUT2D eigenvalue weighted by Gasteiger charge is 2.35. The van der Waals surface area contributed by atoms with Gasteiger partial charge in [-0.2, -0.15) is 0 Å². The molecule has 1 aliphatic rings. The Kier molecular flexibility index (Phi) is 3.53. The molecule has 0 saturated heterocycles. The van der Waals surface area contributed by atoms with E-state index in [2.05, 4.69) is 12.1 Å². The van der Waals surface area contributed by atoms with Gasteiger partial charge >= 0.3 is 0 Å². The number of aryl methyl sites for hydroxylation is 2. The Bertz CT molecular complexity index is 570. The van der Waals surface area contributed by atoms with Crippen molar-refractivity contribution in [1.82, 2.24) is 0 Å². The molecule has 0 fully saturated rings. The lowest BCUT2D eigenvalue weighted by Gasteiger charge is -2.31. The molecule has 106 valence electrons. The quantitative estimate of drug-likeness (QED) is 0.927. The summed E-state index contributed by atoms with van der Waals surface area (Å²) < 4.78 is 10.6. The van der Waals surface area contributed by atoms with Crippen molar-refractivity contribution in [1.29, 1.82) is 0 Å². The van der Waals surface area contributed by atoms with Crippen LogP contribution in [0.4, 0.5) is 0 Å². The molecular weight excluding hydrogens is 252 g/mol. The molecule has 3 rings (SSSR count). The number of ether oxygens (including phenoxy) is 1. The van der Waals surface area contributed by atoms with Gasteiger partial charge in [-0.15, -0.1) is 0 Å². The molecule has 1 N–H and O–H groups in total. The number of hydrogen-bond donors (Lipinski definition) is 1. The van der Waals surface area contributed by atoms with Gasteiger partial charge in [0, 0.05) is 12.0 Å². The SMILES string of the molecule is COc1ccc(CCC2(O)CCCc3occc32)cc1. The van der Waals surface area contributed by atoms with Crippen LogP contribution in [0.3, 0.4) is 0 Å². The molecule has 3 heteroatoms. The summed E-state index contributed by atoms with van der Waals surface area (Å²) in [5, 5.41) is 10.9. The highest BCUT2D eigenvalue weighted by Crippen LogP contribution is 2.39. The van der Waals surface area contributed by atoms with Crippen LogP contribution in [-0.4, -0.2) is 12.2 Å². The van der Waals surface area contributed by atoms with Crippen LogP contribution in [0.1, 0.15) is 36.1 Å². The van der Waals surface area contributed by atoms with E-state index in [1.165, 1.54) is 5.56 Å². The summed E-state index contributed by atoms with van der Waals surface area (Å²) in [5.74, 6) is 1.82. The molecule has 2 aromatic rings. The standard InChI is InChI=1S/C17H20O3/c1-19-14-6-4-13(5-7-14)8-11-17(18)10-2-3-16-15(17)9-12-20-16/h4-7,9,12,18H,2-3,8,10-11H2,1H3. The van der Waals surface area contributed by atoms with Gasteiger partial charge < -0.3 is 14.3 Å². The number of rotatable bonds is 4. The molecule has 1 aromatic carbocycles. The molecule has 0 radical (unpaired) electrons. The van der Waals surface area contributed by atoms with E-state index >= 15 is 0 Å². The largest absolute Gasteiger partial charge is 0.497 e. The molecule has 0 spiro atoms. The Morgan fingerprint density at radius 2 is 2.05 bits per heavy atom. The molecular formula is C17H20O3. The smallest absolute Gasteiger partial charge is 0.118 e. The van der Waals surface area contributed by atoms with Crippen LogP contribution in [0.5, 0.6) is 5.75 Å². The van der Waals surface area contributed by atoms with E-state index in [9.17, 15) is 5.11 Å². The fraction of sp³-hybridized carbons (Fsp3) is 0.412. The maximum Gasteiger partial charge on any atom is 0.118 e. The average Bonchev–Trinajstić information content (AvgIpc) is 2.96. The summed E-state index contributed by atoms with van der Waals surface area (Å²) in [4.78, 5) is 0. The highest BCUT2D eigenvalue weighted by atomic mass is 16.5. The average molecular weight is 272 g/mol. The Morgan fingerprint density at radius 1 is 1.25 bits per heavy atom. The first kappa shape index (κ1) is 13.3. The molecule has 3 nitrogen and oxygen atoms in total. The third-order valence-electron chi connectivity index (χ3n) is 4.23.